The Bertz CT molecular complexity index is 1000. The standard InChI is InChI=1S/C17H16ClN3O3S2/c18-13-5-1-6-14(10-13)26(22,23)21-8-2-4-12(11-21)16-19-20-17(24-16)15-7-3-9-25-15/h1,3,5-7,9-10,12H,2,4,8,11H2. The molecule has 1 unspecified atom stereocenters. The summed E-state index contributed by atoms with van der Waals surface area (Å²) in [6.45, 7) is 0.790. The van der Waals surface area contributed by atoms with Gasteiger partial charge in [-0.1, -0.05) is 23.7 Å². The number of sulfonamides is 1. The molecular weight excluding hydrogens is 394 g/mol. The van der Waals surface area contributed by atoms with E-state index < -0.39 is 10.0 Å². The molecule has 0 N–H and O–H groups in total. The fourth-order valence-corrected chi connectivity index (χ4v) is 5.51. The summed E-state index contributed by atoms with van der Waals surface area (Å²) in [7, 11) is -3.60. The predicted octanol–water partition coefficient (Wildman–Crippen LogP) is 4.02. The van der Waals surface area contributed by atoms with Crippen molar-refractivity contribution in [3.05, 3.63) is 52.7 Å². The maximum absolute atomic E-state index is 12.9. The second-order valence-electron chi connectivity index (χ2n) is 6.08. The maximum Gasteiger partial charge on any atom is 0.257 e. The number of nitrogens with zero attached hydrogens (tertiary/aromatic N) is 3. The van der Waals surface area contributed by atoms with Crippen molar-refractivity contribution in [2.45, 2.75) is 23.7 Å². The lowest BCUT2D eigenvalue weighted by Gasteiger charge is -2.30. The van der Waals surface area contributed by atoms with Crippen LogP contribution in [0.15, 0.2) is 51.1 Å². The molecule has 136 valence electrons. The fraction of sp³-hybridized carbons (Fsp3) is 0.294. The van der Waals surface area contributed by atoms with Gasteiger partial charge in [0, 0.05) is 18.1 Å². The Balaban J connectivity index is 1.56. The van der Waals surface area contributed by atoms with Crippen LogP contribution < -0.4 is 0 Å². The first-order valence-corrected chi connectivity index (χ1v) is 10.9. The van der Waals surface area contributed by atoms with Crippen molar-refractivity contribution < 1.29 is 12.8 Å². The molecule has 6 nitrogen and oxygen atoms in total. The summed E-state index contributed by atoms with van der Waals surface area (Å²) in [4.78, 5) is 1.11. The lowest BCUT2D eigenvalue weighted by atomic mass is 10.00. The summed E-state index contributed by atoms with van der Waals surface area (Å²) in [5.41, 5.74) is 0. The third kappa shape index (κ3) is 3.42. The summed E-state index contributed by atoms with van der Waals surface area (Å²) >= 11 is 7.48. The summed E-state index contributed by atoms with van der Waals surface area (Å²) in [6, 6.07) is 10.2. The quantitative estimate of drug-likeness (QED) is 0.650. The molecule has 0 radical (unpaired) electrons. The first-order chi connectivity index (χ1) is 12.5. The molecule has 1 fully saturated rings. The van der Waals surface area contributed by atoms with Crippen LogP contribution in [-0.2, 0) is 10.0 Å². The Hall–Kier alpha value is -1.74. The summed E-state index contributed by atoms with van der Waals surface area (Å²) < 4.78 is 33.1. The van der Waals surface area contributed by atoms with E-state index >= 15 is 0 Å². The zero-order valence-corrected chi connectivity index (χ0v) is 16.1. The summed E-state index contributed by atoms with van der Waals surface area (Å²) in [5, 5.41) is 10.6. The normalized spacial score (nSPS) is 18.9. The second-order valence-corrected chi connectivity index (χ2v) is 9.40. The molecule has 2 aromatic heterocycles. The number of benzene rings is 1. The molecule has 4 rings (SSSR count). The van der Waals surface area contributed by atoms with E-state index in [1.807, 2.05) is 17.5 Å². The van der Waals surface area contributed by atoms with Crippen LogP contribution in [0.3, 0.4) is 0 Å². The Labute approximate surface area is 160 Å². The van der Waals surface area contributed by atoms with Crippen molar-refractivity contribution in [3.8, 4) is 10.8 Å². The molecule has 0 bridgehead atoms. The molecule has 0 aliphatic carbocycles. The number of piperidine rings is 1. The van der Waals surface area contributed by atoms with Crippen LogP contribution in [0.1, 0.15) is 24.7 Å². The van der Waals surface area contributed by atoms with E-state index in [2.05, 4.69) is 10.2 Å². The summed E-state index contributed by atoms with van der Waals surface area (Å²) in [6.07, 6.45) is 1.55. The van der Waals surface area contributed by atoms with Gasteiger partial charge in [0.15, 0.2) is 0 Å². The third-order valence-corrected chi connectivity index (χ3v) is 7.29. The van der Waals surface area contributed by atoms with Gasteiger partial charge in [0.25, 0.3) is 5.89 Å². The highest BCUT2D eigenvalue weighted by molar-refractivity contribution is 7.89. The van der Waals surface area contributed by atoms with Crippen LogP contribution in [0.25, 0.3) is 10.8 Å². The first kappa shape index (κ1) is 17.7. The van der Waals surface area contributed by atoms with Gasteiger partial charge >= 0.3 is 0 Å². The zero-order valence-electron chi connectivity index (χ0n) is 13.7. The van der Waals surface area contributed by atoms with E-state index in [0.29, 0.717) is 29.9 Å². The van der Waals surface area contributed by atoms with Crippen molar-refractivity contribution in [1.29, 1.82) is 0 Å². The van der Waals surface area contributed by atoms with Crippen LogP contribution in [0, 0.1) is 0 Å². The first-order valence-electron chi connectivity index (χ1n) is 8.17. The minimum atomic E-state index is -3.60. The van der Waals surface area contributed by atoms with Crippen LogP contribution in [0.4, 0.5) is 0 Å². The van der Waals surface area contributed by atoms with E-state index in [1.165, 1.54) is 21.7 Å². The van der Waals surface area contributed by atoms with Gasteiger partial charge in [0.2, 0.25) is 15.9 Å². The van der Waals surface area contributed by atoms with E-state index in [9.17, 15) is 8.42 Å². The SMILES string of the molecule is O=S(=O)(c1cccc(Cl)c1)N1CCCC(c2nnc(-c3cccs3)o2)C1. The minimum absolute atomic E-state index is 0.112. The average molecular weight is 410 g/mol. The molecule has 1 atom stereocenters. The Morgan fingerprint density at radius 1 is 1.23 bits per heavy atom. The number of rotatable bonds is 4. The largest absolute Gasteiger partial charge is 0.420 e. The molecule has 1 aliphatic heterocycles. The number of hydrogen-bond acceptors (Lipinski definition) is 6. The van der Waals surface area contributed by atoms with Crippen molar-refractivity contribution in [2.24, 2.45) is 0 Å². The number of hydrogen-bond donors (Lipinski definition) is 0. The molecule has 0 spiro atoms. The Morgan fingerprint density at radius 2 is 2.12 bits per heavy atom. The van der Waals surface area contributed by atoms with Gasteiger partial charge in [-0.15, -0.1) is 21.5 Å². The molecule has 0 saturated carbocycles. The van der Waals surface area contributed by atoms with Crippen LogP contribution >= 0.6 is 22.9 Å². The second kappa shape index (κ2) is 7.11. The molecule has 3 aromatic rings. The molecule has 9 heteroatoms. The molecule has 0 amide bonds. The van der Waals surface area contributed by atoms with Crippen molar-refractivity contribution in [2.75, 3.05) is 13.1 Å². The lowest BCUT2D eigenvalue weighted by Crippen LogP contribution is -2.39. The number of halogens is 1. The molecule has 26 heavy (non-hydrogen) atoms. The minimum Gasteiger partial charge on any atom is -0.420 e. The van der Waals surface area contributed by atoms with Gasteiger partial charge in [-0.05, 0) is 42.5 Å². The fourth-order valence-electron chi connectivity index (χ4n) is 3.04. The Morgan fingerprint density at radius 3 is 2.88 bits per heavy atom. The number of aromatic nitrogens is 2. The Kier molecular flexibility index (Phi) is 4.83. The van der Waals surface area contributed by atoms with Crippen molar-refractivity contribution >= 4 is 33.0 Å². The average Bonchev–Trinajstić information content (AvgIpc) is 3.33. The number of thiophene rings is 1. The highest BCUT2D eigenvalue weighted by Gasteiger charge is 2.33. The van der Waals surface area contributed by atoms with E-state index in [-0.39, 0.29) is 10.8 Å². The van der Waals surface area contributed by atoms with Gasteiger partial charge in [-0.3, -0.25) is 0 Å². The molecule has 3 heterocycles. The van der Waals surface area contributed by atoms with Gasteiger partial charge in [-0.25, -0.2) is 8.42 Å². The van der Waals surface area contributed by atoms with Gasteiger partial charge in [0.1, 0.15) is 0 Å². The monoisotopic (exact) mass is 409 g/mol. The lowest BCUT2D eigenvalue weighted by molar-refractivity contribution is 0.286. The predicted molar refractivity (Wildman–Crippen MR) is 99.8 cm³/mol. The van der Waals surface area contributed by atoms with Crippen LogP contribution in [-0.4, -0.2) is 36.0 Å². The van der Waals surface area contributed by atoms with E-state index in [4.69, 9.17) is 16.0 Å². The van der Waals surface area contributed by atoms with Crippen molar-refractivity contribution in [1.82, 2.24) is 14.5 Å². The molecule has 1 aliphatic rings. The van der Waals surface area contributed by atoms with Gasteiger partial charge < -0.3 is 4.42 Å². The van der Waals surface area contributed by atoms with Crippen LogP contribution in [0.2, 0.25) is 5.02 Å². The highest BCUT2D eigenvalue weighted by Crippen LogP contribution is 2.32. The highest BCUT2D eigenvalue weighted by atomic mass is 35.5. The zero-order chi connectivity index (χ0) is 18.1. The van der Waals surface area contributed by atoms with Crippen LogP contribution in [0.5, 0.6) is 0 Å². The van der Waals surface area contributed by atoms with Gasteiger partial charge in [0.05, 0.1) is 15.7 Å². The van der Waals surface area contributed by atoms with Gasteiger partial charge in [-0.2, -0.15) is 4.31 Å². The summed E-state index contributed by atoms with van der Waals surface area (Å²) in [5.74, 6) is 0.850. The smallest absolute Gasteiger partial charge is 0.257 e. The van der Waals surface area contributed by atoms with E-state index in [0.717, 1.165) is 17.7 Å². The molecular formula is C17H16ClN3O3S2. The molecule has 1 saturated heterocycles. The van der Waals surface area contributed by atoms with E-state index in [1.54, 1.807) is 18.2 Å². The molecule has 1 aromatic carbocycles. The third-order valence-electron chi connectivity index (χ3n) is 4.34. The maximum atomic E-state index is 12.9. The topological polar surface area (TPSA) is 76.3 Å². The van der Waals surface area contributed by atoms with Crippen molar-refractivity contribution in [3.63, 3.8) is 0 Å².